The van der Waals surface area contributed by atoms with Gasteiger partial charge in [-0.25, -0.2) is 4.98 Å². The fraction of sp³-hybridized carbons (Fsp3) is 0.429. The van der Waals surface area contributed by atoms with Crippen LogP contribution in [0.2, 0.25) is 0 Å². The number of likely N-dealkylation sites (N-methyl/N-ethyl adjacent to an activating group) is 1. The molecule has 1 atom stereocenters. The highest BCUT2D eigenvalue weighted by molar-refractivity contribution is 7.17. The third-order valence-corrected chi connectivity index (χ3v) is 5.52. The molecule has 2 heterocycles. The van der Waals surface area contributed by atoms with Gasteiger partial charge in [0.25, 0.3) is 5.56 Å². The summed E-state index contributed by atoms with van der Waals surface area (Å²) in [5.41, 5.74) is 1.47. The SMILES string of the molecule is CCOC[C@@H](O)CN(C)Cc1nc2scc(-c3ccc(OC)c(OC)c3)c2c(=O)[nH]1. The lowest BCUT2D eigenvalue weighted by Gasteiger charge is -2.19. The van der Waals surface area contributed by atoms with Crippen LogP contribution in [-0.4, -0.2) is 67.1 Å². The van der Waals surface area contributed by atoms with E-state index in [2.05, 4.69) is 9.97 Å². The Hall–Kier alpha value is -2.46. The molecule has 8 nitrogen and oxygen atoms in total. The van der Waals surface area contributed by atoms with Gasteiger partial charge in [0.2, 0.25) is 0 Å². The summed E-state index contributed by atoms with van der Waals surface area (Å²) >= 11 is 1.42. The van der Waals surface area contributed by atoms with Crippen LogP contribution < -0.4 is 15.0 Å². The minimum absolute atomic E-state index is 0.190. The lowest BCUT2D eigenvalue weighted by molar-refractivity contribution is 0.0240. The fourth-order valence-corrected chi connectivity index (χ4v) is 4.24. The molecule has 0 aliphatic carbocycles. The second kappa shape index (κ2) is 10.0. The van der Waals surface area contributed by atoms with Crippen molar-refractivity contribution < 1.29 is 19.3 Å². The van der Waals surface area contributed by atoms with Crippen molar-refractivity contribution >= 4 is 21.6 Å². The van der Waals surface area contributed by atoms with Crippen molar-refractivity contribution in [3.63, 3.8) is 0 Å². The molecular weight excluding hydrogens is 406 g/mol. The van der Waals surface area contributed by atoms with E-state index >= 15 is 0 Å². The molecule has 30 heavy (non-hydrogen) atoms. The first-order chi connectivity index (χ1) is 14.5. The average molecular weight is 434 g/mol. The third-order valence-electron chi connectivity index (χ3n) is 4.64. The minimum atomic E-state index is -0.594. The lowest BCUT2D eigenvalue weighted by atomic mass is 10.1. The number of H-pyrrole nitrogens is 1. The molecule has 1 aromatic carbocycles. The molecular formula is C21H27N3O5S. The van der Waals surface area contributed by atoms with Crippen LogP contribution in [0.15, 0.2) is 28.4 Å². The lowest BCUT2D eigenvalue weighted by Crippen LogP contribution is -2.32. The van der Waals surface area contributed by atoms with Crippen LogP contribution in [0.3, 0.4) is 0 Å². The second-order valence-electron chi connectivity index (χ2n) is 6.92. The van der Waals surface area contributed by atoms with E-state index in [0.29, 0.717) is 47.2 Å². The average Bonchev–Trinajstić information content (AvgIpc) is 3.16. The van der Waals surface area contributed by atoms with Crippen LogP contribution >= 0.6 is 11.3 Å². The third kappa shape index (κ3) is 4.99. The van der Waals surface area contributed by atoms with E-state index in [4.69, 9.17) is 14.2 Å². The molecule has 0 spiro atoms. The molecule has 0 radical (unpaired) electrons. The molecule has 0 aliphatic rings. The van der Waals surface area contributed by atoms with Gasteiger partial charge in [0.15, 0.2) is 11.5 Å². The minimum Gasteiger partial charge on any atom is -0.493 e. The Bertz CT molecular complexity index is 1050. The molecule has 0 bridgehead atoms. The second-order valence-corrected chi connectivity index (χ2v) is 7.78. The molecule has 0 aliphatic heterocycles. The number of aliphatic hydroxyl groups is 1. The van der Waals surface area contributed by atoms with Gasteiger partial charge in [0.05, 0.1) is 38.9 Å². The number of aromatic nitrogens is 2. The molecule has 162 valence electrons. The number of aliphatic hydroxyl groups excluding tert-OH is 1. The summed E-state index contributed by atoms with van der Waals surface area (Å²) in [5.74, 6) is 1.78. The topological polar surface area (TPSA) is 96.9 Å². The van der Waals surface area contributed by atoms with Gasteiger partial charge in [0, 0.05) is 24.1 Å². The number of nitrogens with one attached hydrogen (secondary N) is 1. The van der Waals surface area contributed by atoms with Crippen molar-refractivity contribution in [2.75, 3.05) is 41.0 Å². The quantitative estimate of drug-likeness (QED) is 0.507. The Kier molecular flexibility index (Phi) is 7.43. The van der Waals surface area contributed by atoms with Crippen molar-refractivity contribution in [2.24, 2.45) is 0 Å². The number of methoxy groups -OCH3 is 2. The number of fused-ring (bicyclic) bond motifs is 1. The fourth-order valence-electron chi connectivity index (χ4n) is 3.27. The Morgan fingerprint density at radius 1 is 1.27 bits per heavy atom. The first-order valence-corrected chi connectivity index (χ1v) is 10.5. The molecule has 0 saturated carbocycles. The smallest absolute Gasteiger partial charge is 0.260 e. The van der Waals surface area contributed by atoms with E-state index in [-0.39, 0.29) is 12.2 Å². The van der Waals surface area contributed by atoms with Crippen molar-refractivity contribution in [1.82, 2.24) is 14.9 Å². The molecule has 0 amide bonds. The van der Waals surface area contributed by atoms with Crippen molar-refractivity contribution in [3.05, 3.63) is 39.8 Å². The normalized spacial score (nSPS) is 12.5. The molecule has 0 fully saturated rings. The first kappa shape index (κ1) is 22.2. The number of hydrogen-bond acceptors (Lipinski definition) is 8. The highest BCUT2D eigenvalue weighted by Crippen LogP contribution is 2.36. The maximum absolute atomic E-state index is 12.8. The molecule has 0 saturated heterocycles. The van der Waals surface area contributed by atoms with Gasteiger partial charge < -0.3 is 24.3 Å². The summed E-state index contributed by atoms with van der Waals surface area (Å²) in [6.07, 6.45) is -0.594. The van der Waals surface area contributed by atoms with E-state index in [1.54, 1.807) is 14.2 Å². The summed E-state index contributed by atoms with van der Waals surface area (Å²) in [4.78, 5) is 22.9. The standard InChI is InChI=1S/C21H27N3O5S/c1-5-29-11-14(25)9-24(2)10-18-22-20(26)19-15(12-30-21(19)23-18)13-6-7-16(27-3)17(8-13)28-4/h6-8,12,14,25H,5,9-11H2,1-4H3,(H,22,23,26)/t14-/m0/s1. The number of hydrogen-bond donors (Lipinski definition) is 2. The van der Waals surface area contributed by atoms with E-state index in [9.17, 15) is 9.90 Å². The number of thiophene rings is 1. The monoisotopic (exact) mass is 433 g/mol. The van der Waals surface area contributed by atoms with Gasteiger partial charge >= 0.3 is 0 Å². The molecule has 9 heteroatoms. The maximum atomic E-state index is 12.8. The van der Waals surface area contributed by atoms with Gasteiger partial charge in [-0.1, -0.05) is 6.07 Å². The maximum Gasteiger partial charge on any atom is 0.260 e. The highest BCUT2D eigenvalue weighted by Gasteiger charge is 2.16. The molecule has 2 aromatic heterocycles. The summed E-state index contributed by atoms with van der Waals surface area (Å²) in [7, 11) is 5.03. The van der Waals surface area contributed by atoms with E-state index < -0.39 is 6.10 Å². The van der Waals surface area contributed by atoms with Gasteiger partial charge in [-0.3, -0.25) is 9.69 Å². The number of benzene rings is 1. The number of rotatable bonds is 10. The predicted octanol–water partition coefficient (Wildman–Crippen LogP) is 2.50. The Balaban J connectivity index is 1.84. The molecule has 3 aromatic rings. The number of aromatic amines is 1. The molecule has 0 unspecified atom stereocenters. The zero-order valence-electron chi connectivity index (χ0n) is 17.6. The van der Waals surface area contributed by atoms with Crippen LogP contribution in [0.25, 0.3) is 21.3 Å². The van der Waals surface area contributed by atoms with Gasteiger partial charge in [-0.15, -0.1) is 11.3 Å². The van der Waals surface area contributed by atoms with Gasteiger partial charge in [-0.2, -0.15) is 0 Å². The zero-order chi connectivity index (χ0) is 21.7. The summed E-state index contributed by atoms with van der Waals surface area (Å²) in [6.45, 7) is 3.56. The van der Waals surface area contributed by atoms with Crippen LogP contribution in [0.4, 0.5) is 0 Å². The predicted molar refractivity (Wildman–Crippen MR) is 118 cm³/mol. The van der Waals surface area contributed by atoms with Crippen molar-refractivity contribution in [2.45, 2.75) is 19.6 Å². The van der Waals surface area contributed by atoms with E-state index in [1.807, 2.05) is 42.5 Å². The molecule has 3 rings (SSSR count). The Morgan fingerprint density at radius 2 is 2.03 bits per heavy atom. The number of ether oxygens (including phenoxy) is 3. The van der Waals surface area contributed by atoms with Gasteiger partial charge in [-0.05, 0) is 31.7 Å². The summed E-state index contributed by atoms with van der Waals surface area (Å²) in [5, 5.41) is 12.5. The van der Waals surface area contributed by atoms with Crippen molar-refractivity contribution in [1.29, 1.82) is 0 Å². The van der Waals surface area contributed by atoms with Crippen LogP contribution in [-0.2, 0) is 11.3 Å². The summed E-state index contributed by atoms with van der Waals surface area (Å²) in [6, 6.07) is 5.56. The van der Waals surface area contributed by atoms with Crippen LogP contribution in [0, 0.1) is 0 Å². The number of nitrogens with zero attached hydrogens (tertiary/aromatic N) is 2. The first-order valence-electron chi connectivity index (χ1n) is 9.63. The molecule has 2 N–H and O–H groups in total. The zero-order valence-corrected chi connectivity index (χ0v) is 18.4. The van der Waals surface area contributed by atoms with E-state index in [0.717, 1.165) is 11.1 Å². The highest BCUT2D eigenvalue weighted by atomic mass is 32.1. The Labute approximate surface area is 179 Å². The van der Waals surface area contributed by atoms with Gasteiger partial charge in [0.1, 0.15) is 10.7 Å². The Morgan fingerprint density at radius 3 is 2.73 bits per heavy atom. The summed E-state index contributed by atoms with van der Waals surface area (Å²) < 4.78 is 15.9. The van der Waals surface area contributed by atoms with Crippen molar-refractivity contribution in [3.8, 4) is 22.6 Å². The largest absolute Gasteiger partial charge is 0.493 e. The van der Waals surface area contributed by atoms with Crippen LogP contribution in [0.5, 0.6) is 11.5 Å². The van der Waals surface area contributed by atoms with Crippen LogP contribution in [0.1, 0.15) is 12.7 Å². The van der Waals surface area contributed by atoms with E-state index in [1.165, 1.54) is 11.3 Å².